The van der Waals surface area contributed by atoms with Gasteiger partial charge in [-0.15, -0.1) is 0 Å². The molecule has 0 amide bonds. The summed E-state index contributed by atoms with van der Waals surface area (Å²) >= 11 is 0. The van der Waals surface area contributed by atoms with E-state index in [2.05, 4.69) is 0 Å². The van der Waals surface area contributed by atoms with Crippen molar-refractivity contribution in [1.29, 1.82) is 5.26 Å². The summed E-state index contributed by atoms with van der Waals surface area (Å²) in [6.07, 6.45) is 0. The average molecular weight is 321 g/mol. The minimum atomic E-state index is -0.696. The molecule has 1 atom stereocenters. The molecule has 1 aliphatic rings. The fraction of sp³-hybridized carbons (Fsp3) is 0.158. The van der Waals surface area contributed by atoms with Crippen LogP contribution < -0.4 is 10.6 Å². The fourth-order valence-corrected chi connectivity index (χ4v) is 2.86. The normalized spacial score (nSPS) is 17.0. The highest BCUT2D eigenvalue weighted by molar-refractivity contribution is 6.01. The highest BCUT2D eigenvalue weighted by Gasteiger charge is 2.36. The maximum absolute atomic E-state index is 13.4. The number of nitrogens with zero attached hydrogens (tertiary/aromatic N) is 2. The van der Waals surface area contributed by atoms with E-state index in [0.717, 1.165) is 11.3 Å². The van der Waals surface area contributed by atoms with E-state index in [-0.39, 0.29) is 29.3 Å². The van der Waals surface area contributed by atoms with E-state index in [9.17, 15) is 14.4 Å². The van der Waals surface area contributed by atoms with Crippen molar-refractivity contribution in [3.8, 4) is 6.07 Å². The minimum Gasteiger partial charge on any atom is -0.384 e. The lowest BCUT2D eigenvalue weighted by molar-refractivity contribution is 0.0948. The zero-order chi connectivity index (χ0) is 17.3. The van der Waals surface area contributed by atoms with Crippen LogP contribution >= 0.6 is 0 Å². The highest BCUT2D eigenvalue weighted by Crippen LogP contribution is 2.32. The Morgan fingerprint density at radius 2 is 2.00 bits per heavy atom. The molecule has 2 aromatic carbocycles. The summed E-state index contributed by atoms with van der Waals surface area (Å²) < 4.78 is 13.4. The molecule has 2 aromatic rings. The minimum absolute atomic E-state index is 0.227. The van der Waals surface area contributed by atoms with Crippen LogP contribution in [0.5, 0.6) is 0 Å². The molecule has 4 nitrogen and oxygen atoms in total. The molecule has 0 fully saturated rings. The van der Waals surface area contributed by atoms with Crippen molar-refractivity contribution in [3.63, 3.8) is 0 Å². The molecule has 0 spiro atoms. The van der Waals surface area contributed by atoms with E-state index in [1.54, 1.807) is 11.0 Å². The van der Waals surface area contributed by atoms with Crippen molar-refractivity contribution in [2.75, 3.05) is 11.4 Å². The third-order valence-corrected chi connectivity index (χ3v) is 4.17. The quantitative estimate of drug-likeness (QED) is 0.882. The summed E-state index contributed by atoms with van der Waals surface area (Å²) in [5, 5.41) is 9.43. The van der Waals surface area contributed by atoms with E-state index < -0.39 is 11.7 Å². The Kier molecular flexibility index (Phi) is 4.05. The number of rotatable bonds is 3. The molecule has 0 saturated carbocycles. The van der Waals surface area contributed by atoms with Gasteiger partial charge in [0.15, 0.2) is 5.78 Å². The van der Waals surface area contributed by atoms with E-state index in [1.807, 2.05) is 37.3 Å². The van der Waals surface area contributed by atoms with Crippen LogP contribution in [0.2, 0.25) is 0 Å². The molecule has 120 valence electrons. The number of nitrogens with two attached hydrogens (primary N) is 1. The van der Waals surface area contributed by atoms with Gasteiger partial charge in [-0.2, -0.15) is 5.26 Å². The van der Waals surface area contributed by atoms with Gasteiger partial charge < -0.3 is 10.6 Å². The molecule has 0 bridgehead atoms. The maximum atomic E-state index is 13.4. The second-order valence-corrected chi connectivity index (χ2v) is 5.78. The number of nitriles is 1. The Hall–Kier alpha value is -3.13. The van der Waals surface area contributed by atoms with Gasteiger partial charge in [0.05, 0.1) is 17.6 Å². The number of aryl methyl sites for hydroxylation is 1. The van der Waals surface area contributed by atoms with Crippen LogP contribution in [-0.4, -0.2) is 12.3 Å². The molecule has 0 saturated heterocycles. The molecule has 24 heavy (non-hydrogen) atoms. The number of benzene rings is 2. The SMILES string of the molecule is Cc1ccc(N2CC(C(=O)c3cccc(F)c3)C(C#N)=C2N)cc1. The van der Waals surface area contributed by atoms with Crippen LogP contribution in [0.15, 0.2) is 59.9 Å². The van der Waals surface area contributed by atoms with Gasteiger partial charge >= 0.3 is 0 Å². The number of carbonyl (C=O) groups excluding carboxylic acids is 1. The van der Waals surface area contributed by atoms with Gasteiger partial charge in [-0.25, -0.2) is 4.39 Å². The van der Waals surface area contributed by atoms with Crippen LogP contribution in [0, 0.1) is 30.0 Å². The molecule has 0 radical (unpaired) electrons. The first-order valence-corrected chi connectivity index (χ1v) is 7.55. The highest BCUT2D eigenvalue weighted by atomic mass is 19.1. The Labute approximate surface area is 139 Å². The second kappa shape index (κ2) is 6.17. The molecular formula is C19H16FN3O. The third-order valence-electron chi connectivity index (χ3n) is 4.17. The second-order valence-electron chi connectivity index (χ2n) is 5.78. The predicted molar refractivity (Wildman–Crippen MR) is 89.6 cm³/mol. The van der Waals surface area contributed by atoms with Gasteiger partial charge in [-0.05, 0) is 31.2 Å². The Balaban J connectivity index is 1.95. The summed E-state index contributed by atoms with van der Waals surface area (Å²) in [6.45, 7) is 2.25. The van der Waals surface area contributed by atoms with Crippen molar-refractivity contribution in [3.05, 3.63) is 76.9 Å². The third kappa shape index (κ3) is 2.74. The van der Waals surface area contributed by atoms with Crippen molar-refractivity contribution in [2.45, 2.75) is 6.92 Å². The van der Waals surface area contributed by atoms with Crippen molar-refractivity contribution in [2.24, 2.45) is 11.7 Å². The first kappa shape index (κ1) is 15.8. The first-order valence-electron chi connectivity index (χ1n) is 7.55. The standard InChI is InChI=1S/C19H16FN3O/c1-12-5-7-15(8-6-12)23-11-17(16(10-21)19(23)22)18(24)13-3-2-4-14(20)9-13/h2-9,17H,11,22H2,1H3. The predicted octanol–water partition coefficient (Wildman–Crippen LogP) is 3.15. The van der Waals surface area contributed by atoms with Crippen molar-refractivity contribution >= 4 is 11.5 Å². The van der Waals surface area contributed by atoms with E-state index in [4.69, 9.17) is 5.73 Å². The maximum Gasteiger partial charge on any atom is 0.173 e. The van der Waals surface area contributed by atoms with Gasteiger partial charge in [0, 0.05) is 17.8 Å². The Morgan fingerprint density at radius 3 is 2.62 bits per heavy atom. The smallest absolute Gasteiger partial charge is 0.173 e. The number of hydrogen-bond donors (Lipinski definition) is 1. The molecule has 3 rings (SSSR count). The molecule has 0 aromatic heterocycles. The number of Topliss-reactive ketones (excluding diaryl/α,β-unsaturated/α-hetero) is 1. The topological polar surface area (TPSA) is 70.1 Å². The molecule has 1 aliphatic heterocycles. The monoisotopic (exact) mass is 321 g/mol. The molecule has 0 aliphatic carbocycles. The summed E-state index contributed by atoms with van der Waals surface area (Å²) in [5.74, 6) is -1.21. The number of ketones is 1. The van der Waals surface area contributed by atoms with E-state index >= 15 is 0 Å². The lowest BCUT2D eigenvalue weighted by Crippen LogP contribution is -2.27. The summed E-state index contributed by atoms with van der Waals surface area (Å²) in [4.78, 5) is 14.5. The van der Waals surface area contributed by atoms with Crippen molar-refractivity contribution < 1.29 is 9.18 Å². The van der Waals surface area contributed by atoms with Crippen LogP contribution in [0.4, 0.5) is 10.1 Å². The number of halogens is 1. The van der Waals surface area contributed by atoms with Gasteiger partial charge in [0.2, 0.25) is 0 Å². The zero-order valence-electron chi connectivity index (χ0n) is 13.2. The van der Waals surface area contributed by atoms with Crippen LogP contribution in [0.3, 0.4) is 0 Å². The van der Waals surface area contributed by atoms with Crippen molar-refractivity contribution in [1.82, 2.24) is 0 Å². The summed E-state index contributed by atoms with van der Waals surface area (Å²) in [7, 11) is 0. The summed E-state index contributed by atoms with van der Waals surface area (Å²) in [5.41, 5.74) is 8.49. The molecule has 2 N–H and O–H groups in total. The van der Waals surface area contributed by atoms with Gasteiger partial charge in [-0.1, -0.05) is 29.8 Å². The van der Waals surface area contributed by atoms with Crippen LogP contribution in [0.25, 0.3) is 0 Å². The molecule has 5 heteroatoms. The van der Waals surface area contributed by atoms with E-state index in [1.165, 1.54) is 18.2 Å². The van der Waals surface area contributed by atoms with Crippen LogP contribution in [0.1, 0.15) is 15.9 Å². The molecule has 1 heterocycles. The fourth-order valence-electron chi connectivity index (χ4n) is 2.86. The Morgan fingerprint density at radius 1 is 1.29 bits per heavy atom. The average Bonchev–Trinajstić information content (AvgIpc) is 2.91. The van der Waals surface area contributed by atoms with Crippen LogP contribution in [-0.2, 0) is 0 Å². The largest absolute Gasteiger partial charge is 0.384 e. The first-order chi connectivity index (χ1) is 11.5. The van der Waals surface area contributed by atoms with Gasteiger partial charge in [0.1, 0.15) is 11.6 Å². The molecular weight excluding hydrogens is 305 g/mol. The van der Waals surface area contributed by atoms with Gasteiger partial charge in [-0.3, -0.25) is 4.79 Å². The Bertz CT molecular complexity index is 865. The summed E-state index contributed by atoms with van der Waals surface area (Å²) in [6, 6.07) is 15.2. The van der Waals surface area contributed by atoms with E-state index in [0.29, 0.717) is 0 Å². The molecule has 1 unspecified atom stereocenters. The zero-order valence-corrected chi connectivity index (χ0v) is 13.2. The number of carbonyl (C=O) groups is 1. The van der Waals surface area contributed by atoms with Gasteiger partial charge in [0.25, 0.3) is 0 Å². The lowest BCUT2D eigenvalue weighted by Gasteiger charge is -2.20. The number of hydrogen-bond acceptors (Lipinski definition) is 4. The lowest BCUT2D eigenvalue weighted by atomic mass is 9.93. The number of anilines is 1.